The largest absolute Gasteiger partial charge is 0.511 e. The Morgan fingerprint density at radius 1 is 1.19 bits per heavy atom. The van der Waals surface area contributed by atoms with Crippen LogP contribution in [0.2, 0.25) is 0 Å². The van der Waals surface area contributed by atoms with E-state index < -0.39 is 0 Å². The van der Waals surface area contributed by atoms with E-state index in [0.717, 1.165) is 5.56 Å². The molecule has 0 amide bonds. The molecule has 1 heterocycles. The molecule has 1 N–H and O–H groups in total. The van der Waals surface area contributed by atoms with Gasteiger partial charge in [0.2, 0.25) is 0 Å². The van der Waals surface area contributed by atoms with Gasteiger partial charge in [0, 0.05) is 31.4 Å². The summed E-state index contributed by atoms with van der Waals surface area (Å²) in [4.78, 5) is 29.8. The van der Waals surface area contributed by atoms with E-state index in [2.05, 4.69) is 16.7 Å². The number of aromatic nitrogens is 1. The van der Waals surface area contributed by atoms with Crippen LogP contribution in [0.1, 0.15) is 65.4 Å². The molecule has 6 nitrogen and oxygen atoms in total. The number of aliphatic hydroxyl groups is 1. The second-order valence-corrected chi connectivity index (χ2v) is 8.04. The topological polar surface area (TPSA) is 92.8 Å². The number of rotatable bonds is 7. The zero-order valence-corrected chi connectivity index (χ0v) is 17.5. The summed E-state index contributed by atoms with van der Waals surface area (Å²) in [5.41, 5.74) is 3.16. The summed E-state index contributed by atoms with van der Waals surface area (Å²) in [6.45, 7) is 4.04. The van der Waals surface area contributed by atoms with Crippen molar-refractivity contribution in [2.45, 2.75) is 50.9 Å². The number of carbonyl (C=O) groups excluding carboxylic acids is 2. The van der Waals surface area contributed by atoms with Gasteiger partial charge in [0.25, 0.3) is 0 Å². The number of nitrogens with zero attached hydrogens (tertiary/aromatic N) is 2. The molecule has 1 aromatic carbocycles. The Morgan fingerprint density at radius 3 is 2.74 bits per heavy atom. The summed E-state index contributed by atoms with van der Waals surface area (Å²) >= 11 is 0. The maximum absolute atomic E-state index is 12.9. The molecule has 0 radical (unpaired) electrons. The number of benzene rings is 1. The first-order valence-electron chi connectivity index (χ1n) is 10.7. The molecule has 0 spiro atoms. The lowest BCUT2D eigenvalue weighted by Gasteiger charge is -2.20. The van der Waals surface area contributed by atoms with Crippen LogP contribution >= 0.6 is 0 Å². The molecule has 1 atom stereocenters. The molecule has 31 heavy (non-hydrogen) atoms. The van der Waals surface area contributed by atoms with Crippen LogP contribution in [0.5, 0.6) is 0 Å². The fourth-order valence-corrected chi connectivity index (χ4v) is 4.42. The molecule has 0 bridgehead atoms. The molecule has 2 aliphatic rings. The molecule has 0 aliphatic heterocycles. The summed E-state index contributed by atoms with van der Waals surface area (Å²) in [5.74, 6) is 0.763. The number of carbonyl (C=O) groups is 2. The zero-order valence-electron chi connectivity index (χ0n) is 17.5. The average molecular weight is 418 g/mol. The number of aryl methyl sites for hydroxylation is 1. The molecule has 6 heteroatoms. The molecule has 0 saturated carbocycles. The minimum Gasteiger partial charge on any atom is -0.511 e. The fraction of sp³-hybridized carbons (Fsp3) is 0.360. The van der Waals surface area contributed by atoms with Gasteiger partial charge in [-0.05, 0) is 30.7 Å². The number of allylic oxidation sites excluding steroid dienone is 2. The Labute approximate surface area is 181 Å². The summed E-state index contributed by atoms with van der Waals surface area (Å²) in [6.07, 6.45) is 5.06. The third-order valence-electron chi connectivity index (χ3n) is 5.93. The zero-order chi connectivity index (χ0) is 21.8. The van der Waals surface area contributed by atoms with Crippen LogP contribution in [0.3, 0.4) is 0 Å². The number of Topliss-reactive ketones (excluding diaryl/α,β-unsaturated/α-hetero) is 2. The van der Waals surface area contributed by atoms with Crippen molar-refractivity contribution < 1.29 is 19.2 Å². The minimum atomic E-state index is -0.0875. The van der Waals surface area contributed by atoms with E-state index >= 15 is 0 Å². The molecule has 160 valence electrons. The number of fused-ring (bicyclic) bond motifs is 1. The second-order valence-electron chi connectivity index (χ2n) is 8.04. The van der Waals surface area contributed by atoms with E-state index in [-0.39, 0.29) is 23.2 Å². The Balaban J connectivity index is 1.54. The van der Waals surface area contributed by atoms with Crippen molar-refractivity contribution in [2.75, 3.05) is 6.54 Å². The quantitative estimate of drug-likeness (QED) is 0.519. The van der Waals surface area contributed by atoms with Crippen molar-refractivity contribution >= 4 is 17.3 Å². The predicted molar refractivity (Wildman–Crippen MR) is 118 cm³/mol. The van der Waals surface area contributed by atoms with Gasteiger partial charge in [-0.3, -0.25) is 14.6 Å². The van der Waals surface area contributed by atoms with Crippen LogP contribution in [0.25, 0.3) is 0 Å². The van der Waals surface area contributed by atoms with Gasteiger partial charge in [0.05, 0.1) is 23.4 Å². The van der Waals surface area contributed by atoms with Crippen LogP contribution in [-0.4, -0.2) is 34.1 Å². The SMILES string of the molecule is C=CCN=C(CCc1noc2c1C(=O)CC(c1ccccc1)C2)C1=C(O)CCCC1=O. The third-order valence-corrected chi connectivity index (χ3v) is 5.93. The smallest absolute Gasteiger partial charge is 0.168 e. The fourth-order valence-electron chi connectivity index (χ4n) is 4.42. The molecule has 2 aromatic rings. The molecule has 0 saturated heterocycles. The predicted octanol–water partition coefficient (Wildman–Crippen LogP) is 4.71. The van der Waals surface area contributed by atoms with Gasteiger partial charge in [-0.15, -0.1) is 6.58 Å². The maximum atomic E-state index is 12.9. The molecule has 1 aromatic heterocycles. The third kappa shape index (κ3) is 4.43. The monoisotopic (exact) mass is 418 g/mol. The highest BCUT2D eigenvalue weighted by Gasteiger charge is 2.33. The number of aliphatic hydroxyl groups excluding tert-OH is 1. The summed E-state index contributed by atoms with van der Waals surface area (Å²) < 4.78 is 5.56. The van der Waals surface area contributed by atoms with E-state index in [1.807, 2.05) is 30.3 Å². The van der Waals surface area contributed by atoms with Gasteiger partial charge in [-0.2, -0.15) is 0 Å². The van der Waals surface area contributed by atoms with E-state index in [9.17, 15) is 14.7 Å². The van der Waals surface area contributed by atoms with Crippen LogP contribution in [0.15, 0.2) is 63.8 Å². The van der Waals surface area contributed by atoms with E-state index in [4.69, 9.17) is 4.52 Å². The standard InChI is InChI=1S/C25H26N2O4/c1-2-13-26-18(24-20(28)9-6-10-21(24)29)11-12-19-25-22(30)14-17(15-23(25)31-27-19)16-7-4-3-5-8-16/h2-5,7-8,17,28H,1,6,9-15H2. The maximum Gasteiger partial charge on any atom is 0.168 e. The molecule has 2 aliphatic carbocycles. The lowest BCUT2D eigenvalue weighted by atomic mass is 9.81. The average Bonchev–Trinajstić information content (AvgIpc) is 3.19. The number of ketones is 2. The van der Waals surface area contributed by atoms with Crippen LogP contribution in [0, 0.1) is 0 Å². The van der Waals surface area contributed by atoms with Gasteiger partial charge in [0.15, 0.2) is 11.6 Å². The van der Waals surface area contributed by atoms with Gasteiger partial charge in [0.1, 0.15) is 11.5 Å². The van der Waals surface area contributed by atoms with Crippen molar-refractivity contribution in [1.29, 1.82) is 0 Å². The highest BCUT2D eigenvalue weighted by Crippen LogP contribution is 2.34. The van der Waals surface area contributed by atoms with Crippen molar-refractivity contribution in [3.05, 3.63) is 76.9 Å². The van der Waals surface area contributed by atoms with Gasteiger partial charge >= 0.3 is 0 Å². The first-order chi connectivity index (χ1) is 15.1. The van der Waals surface area contributed by atoms with Crippen molar-refractivity contribution in [2.24, 2.45) is 4.99 Å². The molecular weight excluding hydrogens is 392 g/mol. The minimum absolute atomic E-state index is 0.0340. The van der Waals surface area contributed by atoms with Crippen LogP contribution in [0.4, 0.5) is 0 Å². The van der Waals surface area contributed by atoms with Crippen LogP contribution < -0.4 is 0 Å². The Kier molecular flexibility index (Phi) is 6.26. The summed E-state index contributed by atoms with van der Waals surface area (Å²) in [5, 5.41) is 14.5. The van der Waals surface area contributed by atoms with E-state index in [0.29, 0.717) is 79.8 Å². The van der Waals surface area contributed by atoms with Crippen LogP contribution in [-0.2, 0) is 17.6 Å². The molecule has 4 rings (SSSR count). The normalized spacial score (nSPS) is 19.5. The van der Waals surface area contributed by atoms with Crippen molar-refractivity contribution in [1.82, 2.24) is 5.16 Å². The summed E-state index contributed by atoms with van der Waals surface area (Å²) in [7, 11) is 0. The lowest BCUT2D eigenvalue weighted by molar-refractivity contribution is -0.115. The van der Waals surface area contributed by atoms with Crippen molar-refractivity contribution in [3.8, 4) is 0 Å². The highest BCUT2D eigenvalue weighted by molar-refractivity contribution is 6.23. The van der Waals surface area contributed by atoms with Gasteiger partial charge < -0.3 is 9.63 Å². The molecule has 1 unspecified atom stereocenters. The molecular formula is C25H26N2O4. The number of hydrogen-bond donors (Lipinski definition) is 1. The Hall–Kier alpha value is -3.28. The first-order valence-corrected chi connectivity index (χ1v) is 10.7. The Morgan fingerprint density at radius 2 is 2.00 bits per heavy atom. The number of aliphatic imine (C=N–C) groups is 1. The van der Waals surface area contributed by atoms with E-state index in [1.54, 1.807) is 6.08 Å². The molecule has 0 fully saturated rings. The first kappa shape index (κ1) is 21.0. The number of hydrogen-bond acceptors (Lipinski definition) is 6. The summed E-state index contributed by atoms with van der Waals surface area (Å²) in [6, 6.07) is 9.97. The Bertz CT molecular complexity index is 1060. The lowest BCUT2D eigenvalue weighted by Crippen LogP contribution is -2.21. The van der Waals surface area contributed by atoms with Gasteiger partial charge in [-0.25, -0.2) is 0 Å². The van der Waals surface area contributed by atoms with Crippen molar-refractivity contribution in [3.63, 3.8) is 0 Å². The van der Waals surface area contributed by atoms with Gasteiger partial charge in [-0.1, -0.05) is 41.6 Å². The second kappa shape index (κ2) is 9.25. The van der Waals surface area contributed by atoms with E-state index in [1.165, 1.54) is 0 Å². The highest BCUT2D eigenvalue weighted by atomic mass is 16.5.